The molecule has 24 heavy (non-hydrogen) atoms. The summed E-state index contributed by atoms with van der Waals surface area (Å²) in [5.74, 6) is -0.544. The Kier molecular flexibility index (Phi) is 8.64. The molecular formula is C13H16Cl2F6N2O. The van der Waals surface area contributed by atoms with Gasteiger partial charge in [0.25, 0.3) is 0 Å². The quantitative estimate of drug-likeness (QED) is 0.777. The van der Waals surface area contributed by atoms with Gasteiger partial charge >= 0.3 is 12.5 Å². The third-order valence-electron chi connectivity index (χ3n) is 3.26. The maximum Gasteiger partial charge on any atom is 0.573 e. The number of hydrogen-bond acceptors (Lipinski definition) is 3. The van der Waals surface area contributed by atoms with Crippen LogP contribution in [-0.4, -0.2) is 43.6 Å². The zero-order chi connectivity index (χ0) is 16.4. The summed E-state index contributed by atoms with van der Waals surface area (Å²) in [6.45, 7) is 1.29. The van der Waals surface area contributed by atoms with Gasteiger partial charge in [0.2, 0.25) is 0 Å². The normalized spacial score (nSPS) is 17.4. The molecule has 1 aromatic carbocycles. The van der Waals surface area contributed by atoms with Crippen LogP contribution >= 0.6 is 24.8 Å². The number of rotatable bonds is 3. The van der Waals surface area contributed by atoms with Crippen LogP contribution in [0.5, 0.6) is 5.75 Å². The first-order chi connectivity index (χ1) is 10.2. The molecule has 1 aromatic rings. The van der Waals surface area contributed by atoms with Crippen molar-refractivity contribution in [1.82, 2.24) is 10.2 Å². The van der Waals surface area contributed by atoms with Gasteiger partial charge in [0.1, 0.15) is 11.8 Å². The predicted molar refractivity (Wildman–Crippen MR) is 80.9 cm³/mol. The molecular weight excluding hydrogens is 385 g/mol. The lowest BCUT2D eigenvalue weighted by molar-refractivity contribution is -0.274. The molecule has 0 bridgehead atoms. The molecule has 0 unspecified atom stereocenters. The van der Waals surface area contributed by atoms with Crippen molar-refractivity contribution in [3.8, 4) is 5.75 Å². The van der Waals surface area contributed by atoms with Crippen LogP contribution in [0, 0.1) is 0 Å². The molecule has 0 aliphatic carbocycles. The third-order valence-corrected chi connectivity index (χ3v) is 3.26. The van der Waals surface area contributed by atoms with Gasteiger partial charge in [-0.25, -0.2) is 0 Å². The standard InChI is InChI=1S/C13H14F6N2O.2ClH/c14-12(15,16)11(21-7-5-20-6-8-21)9-1-3-10(4-2-9)22-13(17,18)19;;/h1-4,11,20H,5-8H2;2*1H/t11-;;/m0../s1. The Hall–Kier alpha value is -0.900. The molecule has 1 aliphatic heterocycles. The van der Waals surface area contributed by atoms with Crippen molar-refractivity contribution in [2.24, 2.45) is 0 Å². The lowest BCUT2D eigenvalue weighted by Gasteiger charge is -2.36. The van der Waals surface area contributed by atoms with Gasteiger partial charge in [-0.3, -0.25) is 4.90 Å². The highest BCUT2D eigenvalue weighted by molar-refractivity contribution is 5.85. The van der Waals surface area contributed by atoms with Crippen molar-refractivity contribution in [3.63, 3.8) is 0 Å². The Labute approximate surface area is 147 Å². The van der Waals surface area contributed by atoms with Gasteiger partial charge in [-0.1, -0.05) is 12.1 Å². The molecule has 0 aromatic heterocycles. The second kappa shape index (κ2) is 8.98. The number of ether oxygens (including phenoxy) is 1. The summed E-state index contributed by atoms with van der Waals surface area (Å²) < 4.78 is 79.7. The number of nitrogens with one attached hydrogen (secondary N) is 1. The van der Waals surface area contributed by atoms with Crippen molar-refractivity contribution in [1.29, 1.82) is 0 Å². The van der Waals surface area contributed by atoms with Crippen molar-refractivity contribution < 1.29 is 31.1 Å². The highest BCUT2D eigenvalue weighted by Crippen LogP contribution is 2.38. The summed E-state index contributed by atoms with van der Waals surface area (Å²) in [5.41, 5.74) is -0.107. The molecule has 1 aliphatic rings. The van der Waals surface area contributed by atoms with Crippen LogP contribution in [0.2, 0.25) is 0 Å². The van der Waals surface area contributed by atoms with E-state index < -0.39 is 24.3 Å². The Bertz CT molecular complexity index is 489. The van der Waals surface area contributed by atoms with Crippen LogP contribution in [-0.2, 0) is 0 Å². The molecule has 1 saturated heterocycles. The van der Waals surface area contributed by atoms with Crippen LogP contribution < -0.4 is 10.1 Å². The molecule has 0 amide bonds. The zero-order valence-electron chi connectivity index (χ0n) is 12.2. The molecule has 1 N–H and O–H groups in total. The van der Waals surface area contributed by atoms with E-state index in [2.05, 4.69) is 10.1 Å². The molecule has 140 valence electrons. The van der Waals surface area contributed by atoms with Crippen molar-refractivity contribution >= 4 is 24.8 Å². The monoisotopic (exact) mass is 400 g/mol. The minimum Gasteiger partial charge on any atom is -0.406 e. The average molecular weight is 401 g/mol. The van der Waals surface area contributed by atoms with Gasteiger partial charge in [-0.05, 0) is 17.7 Å². The molecule has 0 saturated carbocycles. The smallest absolute Gasteiger partial charge is 0.406 e. The molecule has 1 atom stereocenters. The number of nitrogens with zero attached hydrogens (tertiary/aromatic N) is 1. The van der Waals surface area contributed by atoms with E-state index in [1.807, 2.05) is 0 Å². The Morgan fingerprint density at radius 1 is 0.917 bits per heavy atom. The van der Waals surface area contributed by atoms with Gasteiger partial charge in [0.05, 0.1) is 0 Å². The largest absolute Gasteiger partial charge is 0.573 e. The number of halogens is 8. The van der Waals surface area contributed by atoms with Crippen molar-refractivity contribution in [2.75, 3.05) is 26.2 Å². The minimum absolute atomic E-state index is 0. The number of hydrogen-bond donors (Lipinski definition) is 1. The SMILES string of the molecule is Cl.Cl.FC(F)(F)Oc1ccc([C@H](N2CCNCC2)C(F)(F)F)cc1. The van der Waals surface area contributed by atoms with E-state index in [0.29, 0.717) is 13.1 Å². The van der Waals surface area contributed by atoms with Crippen LogP contribution in [0.15, 0.2) is 24.3 Å². The summed E-state index contributed by atoms with van der Waals surface area (Å²) in [5, 5.41) is 2.95. The van der Waals surface area contributed by atoms with E-state index in [0.717, 1.165) is 24.3 Å². The fourth-order valence-corrected chi connectivity index (χ4v) is 2.40. The minimum atomic E-state index is -4.87. The van der Waals surface area contributed by atoms with Gasteiger partial charge in [-0.2, -0.15) is 13.2 Å². The Balaban J connectivity index is 0.00000264. The summed E-state index contributed by atoms with van der Waals surface area (Å²) in [6, 6.07) is 1.98. The van der Waals surface area contributed by atoms with Gasteiger partial charge in [-0.15, -0.1) is 38.0 Å². The molecule has 1 fully saturated rings. The van der Waals surface area contributed by atoms with E-state index in [1.165, 1.54) is 4.90 Å². The number of piperazine rings is 1. The summed E-state index contributed by atoms with van der Waals surface area (Å²) in [6.07, 6.45) is -9.38. The lowest BCUT2D eigenvalue weighted by atomic mass is 10.0. The Morgan fingerprint density at radius 2 is 1.42 bits per heavy atom. The van der Waals surface area contributed by atoms with E-state index >= 15 is 0 Å². The zero-order valence-corrected chi connectivity index (χ0v) is 13.8. The molecule has 2 rings (SSSR count). The molecule has 1 heterocycles. The first kappa shape index (κ1) is 23.1. The summed E-state index contributed by atoms with van der Waals surface area (Å²) in [4.78, 5) is 1.26. The number of benzene rings is 1. The molecule has 0 spiro atoms. The average Bonchev–Trinajstić information content (AvgIpc) is 2.39. The van der Waals surface area contributed by atoms with Crippen molar-refractivity contribution in [3.05, 3.63) is 29.8 Å². The van der Waals surface area contributed by atoms with Crippen LogP contribution in [0.3, 0.4) is 0 Å². The van der Waals surface area contributed by atoms with E-state index in [1.54, 1.807) is 0 Å². The van der Waals surface area contributed by atoms with E-state index in [-0.39, 0.29) is 43.5 Å². The fraction of sp³-hybridized carbons (Fsp3) is 0.538. The first-order valence-corrected chi connectivity index (χ1v) is 6.54. The second-order valence-corrected chi connectivity index (χ2v) is 4.85. The maximum atomic E-state index is 13.3. The van der Waals surface area contributed by atoms with Gasteiger partial charge < -0.3 is 10.1 Å². The topological polar surface area (TPSA) is 24.5 Å². The van der Waals surface area contributed by atoms with Crippen LogP contribution in [0.1, 0.15) is 11.6 Å². The molecule has 0 radical (unpaired) electrons. The number of alkyl halides is 6. The van der Waals surface area contributed by atoms with Crippen molar-refractivity contribution in [2.45, 2.75) is 18.6 Å². The second-order valence-electron chi connectivity index (χ2n) is 4.85. The Morgan fingerprint density at radius 3 is 1.83 bits per heavy atom. The third kappa shape index (κ3) is 6.54. The molecule has 3 nitrogen and oxygen atoms in total. The summed E-state index contributed by atoms with van der Waals surface area (Å²) >= 11 is 0. The fourth-order valence-electron chi connectivity index (χ4n) is 2.40. The first-order valence-electron chi connectivity index (χ1n) is 6.54. The molecule has 11 heteroatoms. The highest BCUT2D eigenvalue weighted by atomic mass is 35.5. The summed E-state index contributed by atoms with van der Waals surface area (Å²) in [7, 11) is 0. The maximum absolute atomic E-state index is 13.3. The van der Waals surface area contributed by atoms with E-state index in [4.69, 9.17) is 0 Å². The predicted octanol–water partition coefficient (Wildman–Crippen LogP) is 3.94. The van der Waals surface area contributed by atoms with Gasteiger partial charge in [0.15, 0.2) is 0 Å². The van der Waals surface area contributed by atoms with Crippen LogP contribution in [0.4, 0.5) is 26.3 Å². The highest BCUT2D eigenvalue weighted by Gasteiger charge is 2.44. The van der Waals surface area contributed by atoms with Crippen LogP contribution in [0.25, 0.3) is 0 Å². The van der Waals surface area contributed by atoms with Gasteiger partial charge in [0, 0.05) is 26.2 Å². The van der Waals surface area contributed by atoms with E-state index in [9.17, 15) is 26.3 Å². The lowest BCUT2D eigenvalue weighted by Crippen LogP contribution is -2.49.